The van der Waals surface area contributed by atoms with Crippen LogP contribution < -0.4 is 10.3 Å². The van der Waals surface area contributed by atoms with Crippen molar-refractivity contribution < 1.29 is 15.0 Å². The zero-order valence-electron chi connectivity index (χ0n) is 12.2. The lowest BCUT2D eigenvalue weighted by Crippen LogP contribution is -2.35. The van der Waals surface area contributed by atoms with Crippen molar-refractivity contribution in [1.82, 2.24) is 9.55 Å². The zero-order chi connectivity index (χ0) is 15.9. The lowest BCUT2D eigenvalue weighted by atomic mass is 10.1. The summed E-state index contributed by atoms with van der Waals surface area (Å²) >= 11 is 1.23. The van der Waals surface area contributed by atoms with Crippen LogP contribution >= 0.6 is 11.3 Å². The molecule has 1 aliphatic heterocycles. The van der Waals surface area contributed by atoms with Crippen molar-refractivity contribution in [3.05, 3.63) is 22.0 Å². The molecule has 0 aliphatic carbocycles. The molecule has 2 aromatic rings. The van der Waals surface area contributed by atoms with Gasteiger partial charge in [-0.15, -0.1) is 0 Å². The fourth-order valence-electron chi connectivity index (χ4n) is 2.63. The number of aliphatic hydroxyl groups excluding tert-OH is 1. The van der Waals surface area contributed by atoms with Crippen molar-refractivity contribution in [2.75, 3.05) is 18.0 Å². The van der Waals surface area contributed by atoms with Crippen LogP contribution in [-0.4, -0.2) is 44.9 Å². The van der Waals surface area contributed by atoms with Crippen LogP contribution in [-0.2, 0) is 6.54 Å². The fourth-order valence-corrected chi connectivity index (χ4v) is 3.71. The molecule has 118 valence electrons. The minimum absolute atomic E-state index is 0.224. The second-order valence-corrected chi connectivity index (χ2v) is 6.31. The van der Waals surface area contributed by atoms with E-state index < -0.39 is 11.4 Å². The Labute approximate surface area is 130 Å². The average molecular weight is 323 g/mol. The molecule has 0 radical (unpaired) electrons. The number of aryl methyl sites for hydroxylation is 1. The van der Waals surface area contributed by atoms with Crippen LogP contribution in [0.5, 0.6) is 0 Å². The molecule has 1 saturated heterocycles. The molecule has 3 heterocycles. The summed E-state index contributed by atoms with van der Waals surface area (Å²) in [6.45, 7) is 3.80. The monoisotopic (exact) mass is 323 g/mol. The van der Waals surface area contributed by atoms with Gasteiger partial charge in [-0.3, -0.25) is 4.79 Å². The van der Waals surface area contributed by atoms with E-state index in [-0.39, 0.29) is 11.7 Å². The van der Waals surface area contributed by atoms with Crippen molar-refractivity contribution >= 4 is 32.8 Å². The number of carboxylic acids is 1. The SMILES string of the molecule is CCn1cc(C(=O)O)c(=O)c2sc(N3CCC(O)CC3)nc21. The number of aromatic carboxylic acids is 1. The molecule has 0 unspecified atom stereocenters. The van der Waals surface area contributed by atoms with E-state index in [4.69, 9.17) is 5.11 Å². The first-order chi connectivity index (χ1) is 10.5. The quantitative estimate of drug-likeness (QED) is 0.879. The molecule has 8 heteroatoms. The van der Waals surface area contributed by atoms with E-state index in [1.807, 2.05) is 11.8 Å². The van der Waals surface area contributed by atoms with E-state index in [0.717, 1.165) is 0 Å². The number of fused-ring (bicyclic) bond motifs is 1. The fraction of sp³-hybridized carbons (Fsp3) is 0.500. The molecule has 1 aliphatic rings. The Morgan fingerprint density at radius 2 is 2.14 bits per heavy atom. The number of hydrogen-bond acceptors (Lipinski definition) is 6. The second kappa shape index (κ2) is 5.69. The molecule has 1 fully saturated rings. The number of piperidine rings is 1. The summed E-state index contributed by atoms with van der Waals surface area (Å²) in [4.78, 5) is 30.1. The van der Waals surface area contributed by atoms with Gasteiger partial charge in [-0.25, -0.2) is 9.78 Å². The molecule has 0 amide bonds. The van der Waals surface area contributed by atoms with Crippen LogP contribution in [0, 0.1) is 0 Å². The summed E-state index contributed by atoms with van der Waals surface area (Å²) < 4.78 is 2.07. The Kier molecular flexibility index (Phi) is 3.88. The molecule has 0 bridgehead atoms. The number of rotatable bonds is 3. The Morgan fingerprint density at radius 3 is 2.73 bits per heavy atom. The topological polar surface area (TPSA) is 95.7 Å². The number of thiazole rings is 1. The van der Waals surface area contributed by atoms with Gasteiger partial charge in [0.2, 0.25) is 5.43 Å². The number of anilines is 1. The van der Waals surface area contributed by atoms with Gasteiger partial charge in [0.15, 0.2) is 10.8 Å². The van der Waals surface area contributed by atoms with E-state index >= 15 is 0 Å². The Balaban J connectivity index is 2.10. The number of pyridine rings is 1. The predicted molar refractivity (Wildman–Crippen MR) is 84.0 cm³/mol. The molecule has 3 rings (SSSR count). The molecule has 0 spiro atoms. The molecule has 0 saturated carbocycles. The average Bonchev–Trinajstić information content (AvgIpc) is 2.94. The lowest BCUT2D eigenvalue weighted by molar-refractivity contribution is 0.0695. The first-order valence-corrected chi connectivity index (χ1v) is 8.03. The predicted octanol–water partition coefficient (Wildman–Crippen LogP) is 1.14. The van der Waals surface area contributed by atoms with Gasteiger partial charge < -0.3 is 19.7 Å². The van der Waals surface area contributed by atoms with Crippen LogP contribution in [0.25, 0.3) is 10.3 Å². The number of nitrogens with zero attached hydrogens (tertiary/aromatic N) is 3. The lowest BCUT2D eigenvalue weighted by Gasteiger charge is -2.28. The maximum atomic E-state index is 12.3. The van der Waals surface area contributed by atoms with Crippen LogP contribution in [0.2, 0.25) is 0 Å². The highest BCUT2D eigenvalue weighted by atomic mass is 32.1. The zero-order valence-corrected chi connectivity index (χ0v) is 13.0. The molecule has 2 aromatic heterocycles. The van der Waals surface area contributed by atoms with Gasteiger partial charge in [0.25, 0.3) is 0 Å². The van der Waals surface area contributed by atoms with Gasteiger partial charge in [-0.1, -0.05) is 11.3 Å². The number of aliphatic hydroxyl groups is 1. The maximum Gasteiger partial charge on any atom is 0.341 e. The van der Waals surface area contributed by atoms with Gasteiger partial charge in [-0.05, 0) is 19.8 Å². The number of hydrogen-bond donors (Lipinski definition) is 2. The van der Waals surface area contributed by atoms with Crippen molar-refractivity contribution in [2.24, 2.45) is 0 Å². The highest BCUT2D eigenvalue weighted by molar-refractivity contribution is 7.22. The molecular weight excluding hydrogens is 306 g/mol. The van der Waals surface area contributed by atoms with Crippen molar-refractivity contribution in [3.63, 3.8) is 0 Å². The van der Waals surface area contributed by atoms with E-state index in [1.54, 1.807) is 4.57 Å². The van der Waals surface area contributed by atoms with Crippen LogP contribution in [0.1, 0.15) is 30.1 Å². The molecule has 0 atom stereocenters. The molecule has 2 N–H and O–H groups in total. The molecular formula is C14H17N3O4S. The molecule has 22 heavy (non-hydrogen) atoms. The van der Waals surface area contributed by atoms with Gasteiger partial charge in [0.1, 0.15) is 10.3 Å². The van der Waals surface area contributed by atoms with Crippen molar-refractivity contribution in [1.29, 1.82) is 0 Å². The first kappa shape index (κ1) is 15.0. The Morgan fingerprint density at radius 1 is 1.45 bits per heavy atom. The minimum atomic E-state index is -1.22. The van der Waals surface area contributed by atoms with Crippen LogP contribution in [0.4, 0.5) is 5.13 Å². The highest BCUT2D eigenvalue weighted by Gasteiger charge is 2.23. The summed E-state index contributed by atoms with van der Waals surface area (Å²) in [7, 11) is 0. The van der Waals surface area contributed by atoms with Gasteiger partial charge >= 0.3 is 5.97 Å². The van der Waals surface area contributed by atoms with E-state index in [2.05, 4.69) is 4.98 Å². The summed E-state index contributed by atoms with van der Waals surface area (Å²) in [5.41, 5.74) is -0.171. The largest absolute Gasteiger partial charge is 0.477 e. The first-order valence-electron chi connectivity index (χ1n) is 7.21. The maximum absolute atomic E-state index is 12.3. The van der Waals surface area contributed by atoms with Crippen LogP contribution in [0.3, 0.4) is 0 Å². The third-order valence-corrected chi connectivity index (χ3v) is 5.02. The number of aromatic nitrogens is 2. The second-order valence-electron chi connectivity index (χ2n) is 5.33. The highest BCUT2D eigenvalue weighted by Crippen LogP contribution is 2.29. The summed E-state index contributed by atoms with van der Waals surface area (Å²) in [6.07, 6.45) is 2.43. The summed E-state index contributed by atoms with van der Waals surface area (Å²) in [6, 6.07) is 0. The van der Waals surface area contributed by atoms with E-state index in [0.29, 0.717) is 48.0 Å². The number of carbonyl (C=O) groups is 1. The number of carboxylic acid groups (broad SMARTS) is 1. The smallest absolute Gasteiger partial charge is 0.341 e. The normalized spacial score (nSPS) is 16.4. The molecule has 0 aromatic carbocycles. The minimum Gasteiger partial charge on any atom is -0.477 e. The third-order valence-electron chi connectivity index (χ3n) is 3.91. The Bertz CT molecular complexity index is 774. The van der Waals surface area contributed by atoms with Gasteiger partial charge in [0, 0.05) is 25.8 Å². The summed E-state index contributed by atoms with van der Waals surface area (Å²) in [5.74, 6) is -1.22. The Hall–Kier alpha value is -1.93. The van der Waals surface area contributed by atoms with Crippen molar-refractivity contribution in [2.45, 2.75) is 32.4 Å². The van der Waals surface area contributed by atoms with E-state index in [9.17, 15) is 14.7 Å². The molecule has 7 nitrogen and oxygen atoms in total. The van der Waals surface area contributed by atoms with Crippen LogP contribution in [0.15, 0.2) is 11.0 Å². The van der Waals surface area contributed by atoms with E-state index in [1.165, 1.54) is 17.5 Å². The standard InChI is InChI=1S/C14H17N3O4S/c1-2-16-7-9(13(20)21)10(19)11-12(16)15-14(22-11)17-5-3-8(18)4-6-17/h7-8,18H,2-6H2,1H3,(H,20,21). The van der Waals surface area contributed by atoms with Gasteiger partial charge in [-0.2, -0.15) is 0 Å². The van der Waals surface area contributed by atoms with Gasteiger partial charge in [0.05, 0.1) is 6.10 Å². The van der Waals surface area contributed by atoms with Crippen molar-refractivity contribution in [3.8, 4) is 0 Å². The third kappa shape index (κ3) is 2.48. The summed E-state index contributed by atoms with van der Waals surface area (Å²) in [5, 5.41) is 19.4.